The van der Waals surface area contributed by atoms with Crippen LogP contribution in [0.15, 0.2) is 47.4 Å². The van der Waals surface area contributed by atoms with Gasteiger partial charge in [-0.15, -0.1) is 0 Å². The number of amides is 1. The van der Waals surface area contributed by atoms with Gasteiger partial charge in [-0.3, -0.25) is 4.79 Å². The molecule has 2 aromatic rings. The van der Waals surface area contributed by atoms with Crippen molar-refractivity contribution in [2.24, 2.45) is 0 Å². The highest BCUT2D eigenvalue weighted by Gasteiger charge is 2.38. The average Bonchev–Trinajstić information content (AvgIpc) is 2.62. The van der Waals surface area contributed by atoms with Gasteiger partial charge in [-0.05, 0) is 36.4 Å². The third-order valence-electron chi connectivity index (χ3n) is 3.55. The number of carbonyl (C=O) groups excluding carboxylic acids is 1. The van der Waals surface area contributed by atoms with Gasteiger partial charge in [-0.1, -0.05) is 24.8 Å². The number of aliphatic hydroxyl groups is 1. The fourth-order valence-corrected chi connectivity index (χ4v) is 3.22. The van der Waals surface area contributed by atoms with E-state index in [-0.39, 0.29) is 12.0 Å². The van der Waals surface area contributed by atoms with Crippen molar-refractivity contribution in [3.8, 4) is 6.07 Å². The SMILES string of the molecule is CCC(=O)NC(O)(Sc1ccc(F)cc1)c1ccc(C#N)c(C(F)(F)F)c1. The monoisotopic (exact) mass is 398 g/mol. The minimum atomic E-state index is -4.82. The molecule has 0 saturated heterocycles. The normalized spacial score (nSPS) is 13.5. The maximum Gasteiger partial charge on any atom is 0.417 e. The summed E-state index contributed by atoms with van der Waals surface area (Å²) in [6.45, 7) is 1.51. The average molecular weight is 398 g/mol. The van der Waals surface area contributed by atoms with Gasteiger partial charge >= 0.3 is 6.18 Å². The Morgan fingerprint density at radius 2 is 1.85 bits per heavy atom. The maximum absolute atomic E-state index is 13.2. The topological polar surface area (TPSA) is 73.1 Å². The zero-order valence-electron chi connectivity index (χ0n) is 14.0. The first-order valence-corrected chi connectivity index (χ1v) is 8.50. The van der Waals surface area contributed by atoms with Crippen LogP contribution in [-0.2, 0) is 16.0 Å². The lowest BCUT2D eigenvalue weighted by Crippen LogP contribution is -2.43. The number of thioether (sulfide) groups is 1. The second-order valence-corrected chi connectivity index (χ2v) is 6.74. The van der Waals surface area contributed by atoms with Gasteiger partial charge in [0.25, 0.3) is 0 Å². The molecule has 0 radical (unpaired) electrons. The zero-order chi connectivity index (χ0) is 20.2. The molecule has 0 bridgehead atoms. The van der Waals surface area contributed by atoms with Crippen LogP contribution in [0.3, 0.4) is 0 Å². The van der Waals surface area contributed by atoms with Crippen LogP contribution in [0.4, 0.5) is 17.6 Å². The van der Waals surface area contributed by atoms with E-state index in [4.69, 9.17) is 5.26 Å². The van der Waals surface area contributed by atoms with Crippen LogP contribution in [0.2, 0.25) is 0 Å². The first kappa shape index (κ1) is 20.7. The van der Waals surface area contributed by atoms with Gasteiger partial charge in [0.05, 0.1) is 17.2 Å². The lowest BCUT2D eigenvalue weighted by molar-refractivity contribution is -0.137. The van der Waals surface area contributed by atoms with Crippen molar-refractivity contribution in [1.29, 1.82) is 5.26 Å². The summed E-state index contributed by atoms with van der Waals surface area (Å²) in [5, 5.41) is 19.9. The molecule has 4 nitrogen and oxygen atoms in total. The standard InChI is InChI=1S/C18H14F4N2O2S/c1-2-16(25)24-18(26,27-14-7-5-13(19)6-8-14)12-4-3-11(10-23)15(9-12)17(20,21)22/h3-9,26H,2H2,1H3,(H,24,25). The molecule has 0 aliphatic heterocycles. The van der Waals surface area contributed by atoms with Crippen molar-refractivity contribution >= 4 is 17.7 Å². The molecule has 1 atom stereocenters. The van der Waals surface area contributed by atoms with Crippen molar-refractivity contribution in [3.63, 3.8) is 0 Å². The van der Waals surface area contributed by atoms with E-state index in [1.165, 1.54) is 25.1 Å². The van der Waals surface area contributed by atoms with E-state index in [1.807, 2.05) is 0 Å². The maximum atomic E-state index is 13.2. The van der Waals surface area contributed by atoms with Gasteiger partial charge in [0.2, 0.25) is 11.0 Å². The number of halogens is 4. The van der Waals surface area contributed by atoms with E-state index in [9.17, 15) is 27.5 Å². The van der Waals surface area contributed by atoms with Gasteiger partial charge < -0.3 is 10.4 Å². The van der Waals surface area contributed by atoms with Crippen molar-refractivity contribution in [3.05, 3.63) is 65.0 Å². The molecule has 0 fully saturated rings. The van der Waals surface area contributed by atoms with Crippen LogP contribution in [0.25, 0.3) is 0 Å². The Balaban J connectivity index is 2.54. The molecule has 27 heavy (non-hydrogen) atoms. The molecular weight excluding hydrogens is 384 g/mol. The number of rotatable bonds is 5. The second kappa shape index (κ2) is 7.98. The fraction of sp³-hybridized carbons (Fsp3) is 0.222. The molecule has 1 amide bonds. The molecule has 2 N–H and O–H groups in total. The summed E-state index contributed by atoms with van der Waals surface area (Å²) in [4.78, 5) is 12.1. The number of carbonyl (C=O) groups is 1. The van der Waals surface area contributed by atoms with Crippen LogP contribution in [0.5, 0.6) is 0 Å². The number of nitrogens with zero attached hydrogens (tertiary/aromatic N) is 1. The molecule has 0 spiro atoms. The largest absolute Gasteiger partial charge is 0.417 e. The molecule has 9 heteroatoms. The highest BCUT2D eigenvalue weighted by atomic mass is 32.2. The van der Waals surface area contributed by atoms with E-state index in [0.29, 0.717) is 22.7 Å². The van der Waals surface area contributed by atoms with Crippen LogP contribution in [0, 0.1) is 17.1 Å². The Labute approximate surface area is 156 Å². The van der Waals surface area contributed by atoms with Crippen molar-refractivity contribution in [2.75, 3.05) is 0 Å². The molecule has 0 aromatic heterocycles. The second-order valence-electron chi connectivity index (χ2n) is 5.47. The van der Waals surface area contributed by atoms with Crippen molar-refractivity contribution in [1.82, 2.24) is 5.32 Å². The molecule has 1 unspecified atom stereocenters. The van der Waals surface area contributed by atoms with Gasteiger partial charge in [0.15, 0.2) is 0 Å². The molecule has 0 aliphatic rings. The summed E-state index contributed by atoms with van der Waals surface area (Å²) in [6, 6.07) is 8.98. The quantitative estimate of drug-likeness (QED) is 0.451. The first-order valence-electron chi connectivity index (χ1n) is 7.69. The highest BCUT2D eigenvalue weighted by molar-refractivity contribution is 8.00. The first-order chi connectivity index (χ1) is 12.6. The Hall–Kier alpha value is -2.57. The predicted octanol–water partition coefficient (Wildman–Crippen LogP) is 4.14. The van der Waals surface area contributed by atoms with Crippen LogP contribution >= 0.6 is 11.8 Å². The summed E-state index contributed by atoms with van der Waals surface area (Å²) in [7, 11) is 0. The molecule has 142 valence electrons. The lowest BCUT2D eigenvalue weighted by atomic mass is 10.0. The van der Waals surface area contributed by atoms with E-state index in [1.54, 1.807) is 0 Å². The minimum Gasteiger partial charge on any atom is -0.358 e. The van der Waals surface area contributed by atoms with Crippen molar-refractivity contribution in [2.45, 2.75) is 29.5 Å². The smallest absolute Gasteiger partial charge is 0.358 e. The van der Waals surface area contributed by atoms with E-state index in [0.717, 1.165) is 24.3 Å². The Kier molecular flexibility index (Phi) is 6.13. The third-order valence-corrected chi connectivity index (χ3v) is 4.69. The van der Waals surface area contributed by atoms with Crippen molar-refractivity contribution < 1.29 is 27.5 Å². The fourth-order valence-electron chi connectivity index (χ4n) is 2.19. The highest BCUT2D eigenvalue weighted by Crippen LogP contribution is 2.40. The van der Waals surface area contributed by atoms with Gasteiger partial charge in [0, 0.05) is 16.9 Å². The van der Waals surface area contributed by atoms with Gasteiger partial charge in [-0.2, -0.15) is 18.4 Å². The number of hydrogen-bond acceptors (Lipinski definition) is 4. The Morgan fingerprint density at radius 1 is 1.22 bits per heavy atom. The molecule has 0 aliphatic carbocycles. The number of alkyl halides is 3. The summed E-state index contributed by atoms with van der Waals surface area (Å²) >= 11 is 0.636. The summed E-state index contributed by atoms with van der Waals surface area (Å²) in [6.07, 6.45) is -4.84. The number of nitrogens with one attached hydrogen (secondary N) is 1. The summed E-state index contributed by atoms with van der Waals surface area (Å²) in [5.74, 6) is -1.14. The third kappa shape index (κ3) is 4.99. The minimum absolute atomic E-state index is 0.0192. The van der Waals surface area contributed by atoms with Crippen LogP contribution < -0.4 is 5.32 Å². The van der Waals surface area contributed by atoms with Crippen LogP contribution in [-0.4, -0.2) is 11.0 Å². The van der Waals surface area contributed by atoms with E-state index >= 15 is 0 Å². The lowest BCUT2D eigenvalue weighted by Gasteiger charge is -2.29. The molecular formula is C18H14F4N2O2S. The number of hydrogen-bond donors (Lipinski definition) is 2. The molecule has 2 aromatic carbocycles. The predicted molar refractivity (Wildman–Crippen MR) is 90.7 cm³/mol. The Bertz CT molecular complexity index is 878. The van der Waals surface area contributed by atoms with Crippen LogP contribution in [0.1, 0.15) is 30.0 Å². The molecule has 0 heterocycles. The van der Waals surface area contributed by atoms with Gasteiger partial charge in [-0.25, -0.2) is 4.39 Å². The Morgan fingerprint density at radius 3 is 2.37 bits per heavy atom. The van der Waals surface area contributed by atoms with E-state index < -0.39 is 34.1 Å². The molecule has 0 saturated carbocycles. The molecule has 2 rings (SSSR count). The summed E-state index contributed by atoms with van der Waals surface area (Å²) in [5.41, 5.74) is -2.11. The zero-order valence-corrected chi connectivity index (χ0v) is 14.8. The van der Waals surface area contributed by atoms with E-state index in [2.05, 4.69) is 5.32 Å². The number of benzene rings is 2. The summed E-state index contributed by atoms with van der Waals surface area (Å²) < 4.78 is 52.8. The van der Waals surface area contributed by atoms with Gasteiger partial charge in [0.1, 0.15) is 5.82 Å². The number of nitriles is 1.